The first kappa shape index (κ1) is 19.2. The van der Waals surface area contributed by atoms with E-state index in [1.54, 1.807) is 13.3 Å². The molecule has 6 nitrogen and oxygen atoms in total. The monoisotopic (exact) mass is 389 g/mol. The van der Waals surface area contributed by atoms with Crippen molar-refractivity contribution in [3.63, 3.8) is 0 Å². The van der Waals surface area contributed by atoms with Crippen molar-refractivity contribution in [2.24, 2.45) is 5.92 Å². The summed E-state index contributed by atoms with van der Waals surface area (Å²) < 4.78 is 5.36. The van der Waals surface area contributed by atoms with Crippen LogP contribution in [0.15, 0.2) is 48.7 Å². The number of nitrogens with one attached hydrogen (secondary N) is 1. The molecule has 0 saturated carbocycles. The van der Waals surface area contributed by atoms with Gasteiger partial charge in [0.05, 0.1) is 7.11 Å². The number of aryl methyl sites for hydroxylation is 1. The van der Waals surface area contributed by atoms with Gasteiger partial charge in [0.1, 0.15) is 17.3 Å². The molecule has 1 N–H and O–H groups in total. The number of pyridine rings is 1. The molecule has 4 rings (SSSR count). The molecule has 0 amide bonds. The Kier molecular flexibility index (Phi) is 5.60. The van der Waals surface area contributed by atoms with Crippen molar-refractivity contribution in [2.75, 3.05) is 37.0 Å². The van der Waals surface area contributed by atoms with Crippen LogP contribution in [0, 0.1) is 19.8 Å². The minimum atomic E-state index is 0.564. The fraction of sp³-hybridized carbons (Fsp3) is 0.348. The third-order valence-corrected chi connectivity index (χ3v) is 5.55. The van der Waals surface area contributed by atoms with E-state index in [-0.39, 0.29) is 0 Å². The van der Waals surface area contributed by atoms with Crippen LogP contribution >= 0.6 is 0 Å². The van der Waals surface area contributed by atoms with Crippen molar-refractivity contribution < 1.29 is 4.74 Å². The van der Waals surface area contributed by atoms with Crippen LogP contribution in [0.2, 0.25) is 0 Å². The summed E-state index contributed by atoms with van der Waals surface area (Å²) in [6.07, 6.45) is 2.92. The second-order valence-corrected chi connectivity index (χ2v) is 7.50. The van der Waals surface area contributed by atoms with E-state index in [0.29, 0.717) is 11.7 Å². The van der Waals surface area contributed by atoms with Crippen molar-refractivity contribution in [3.8, 4) is 17.3 Å². The predicted molar refractivity (Wildman–Crippen MR) is 117 cm³/mol. The number of benzene rings is 1. The molecule has 1 saturated heterocycles. The van der Waals surface area contributed by atoms with Crippen molar-refractivity contribution >= 4 is 11.5 Å². The fourth-order valence-corrected chi connectivity index (χ4v) is 3.69. The minimum absolute atomic E-state index is 0.564. The SMILES string of the molecule is COc1cccc(N2CCC(CNc3nc(-c4ccccn4)nc(C)c3C)C2)c1. The summed E-state index contributed by atoms with van der Waals surface area (Å²) in [5, 5.41) is 3.57. The molecule has 1 atom stereocenters. The maximum atomic E-state index is 5.36. The molecule has 1 unspecified atom stereocenters. The Morgan fingerprint density at radius 2 is 2.03 bits per heavy atom. The zero-order chi connectivity index (χ0) is 20.2. The maximum Gasteiger partial charge on any atom is 0.180 e. The Morgan fingerprint density at radius 1 is 1.14 bits per heavy atom. The minimum Gasteiger partial charge on any atom is -0.497 e. The Morgan fingerprint density at radius 3 is 2.83 bits per heavy atom. The zero-order valence-corrected chi connectivity index (χ0v) is 17.2. The van der Waals surface area contributed by atoms with E-state index in [9.17, 15) is 0 Å². The van der Waals surface area contributed by atoms with Crippen LogP contribution in [0.25, 0.3) is 11.5 Å². The molecule has 0 bridgehead atoms. The summed E-state index contributed by atoms with van der Waals surface area (Å²) in [6, 6.07) is 14.1. The van der Waals surface area contributed by atoms with Crippen LogP contribution in [0.1, 0.15) is 17.7 Å². The van der Waals surface area contributed by atoms with E-state index >= 15 is 0 Å². The van der Waals surface area contributed by atoms with E-state index in [0.717, 1.165) is 54.6 Å². The van der Waals surface area contributed by atoms with Crippen molar-refractivity contribution in [1.29, 1.82) is 0 Å². The Labute approximate surface area is 172 Å². The second kappa shape index (κ2) is 8.47. The number of hydrogen-bond donors (Lipinski definition) is 1. The topological polar surface area (TPSA) is 63.2 Å². The summed E-state index contributed by atoms with van der Waals surface area (Å²) in [6.45, 7) is 7.06. The van der Waals surface area contributed by atoms with Gasteiger partial charge in [0.25, 0.3) is 0 Å². The smallest absolute Gasteiger partial charge is 0.180 e. The van der Waals surface area contributed by atoms with Crippen LogP contribution in [0.4, 0.5) is 11.5 Å². The molecular weight excluding hydrogens is 362 g/mol. The van der Waals surface area contributed by atoms with Gasteiger partial charge < -0.3 is 15.0 Å². The molecule has 2 aromatic heterocycles. The summed E-state index contributed by atoms with van der Waals surface area (Å²) in [5.74, 6) is 3.03. The normalized spacial score (nSPS) is 16.1. The molecule has 1 aromatic carbocycles. The largest absolute Gasteiger partial charge is 0.497 e. The molecule has 0 spiro atoms. The van der Waals surface area contributed by atoms with E-state index < -0.39 is 0 Å². The van der Waals surface area contributed by atoms with Crippen LogP contribution in [0.5, 0.6) is 5.75 Å². The average Bonchev–Trinajstić information content (AvgIpc) is 3.24. The summed E-state index contributed by atoms with van der Waals surface area (Å²) in [4.78, 5) is 16.2. The highest BCUT2D eigenvalue weighted by atomic mass is 16.5. The van der Waals surface area contributed by atoms with E-state index in [2.05, 4.69) is 39.2 Å². The highest BCUT2D eigenvalue weighted by Crippen LogP contribution is 2.27. The van der Waals surface area contributed by atoms with Gasteiger partial charge in [-0.25, -0.2) is 9.97 Å². The summed E-state index contributed by atoms with van der Waals surface area (Å²) in [7, 11) is 1.71. The maximum absolute atomic E-state index is 5.36. The quantitative estimate of drug-likeness (QED) is 0.685. The number of ether oxygens (including phenoxy) is 1. The van der Waals surface area contributed by atoms with E-state index in [1.165, 1.54) is 5.69 Å². The number of aromatic nitrogens is 3. The standard InChI is InChI=1S/C23H27N5O/c1-16-17(2)26-23(21-9-4-5-11-24-21)27-22(16)25-14-18-10-12-28(15-18)19-7-6-8-20(13-19)29-3/h4-9,11,13,18H,10,12,14-15H2,1-3H3,(H,25,26,27). The highest BCUT2D eigenvalue weighted by Gasteiger charge is 2.23. The molecule has 6 heteroatoms. The van der Waals surface area contributed by atoms with Gasteiger partial charge in [0.2, 0.25) is 0 Å². The molecule has 150 valence electrons. The molecule has 3 aromatic rings. The number of nitrogens with zero attached hydrogens (tertiary/aromatic N) is 4. The first-order chi connectivity index (χ1) is 14.1. The van der Waals surface area contributed by atoms with E-state index in [4.69, 9.17) is 9.72 Å². The molecule has 3 heterocycles. The van der Waals surface area contributed by atoms with Gasteiger partial charge in [-0.15, -0.1) is 0 Å². The molecular formula is C23H27N5O. The molecule has 1 aliphatic heterocycles. The molecule has 1 aliphatic rings. The van der Waals surface area contributed by atoms with Gasteiger partial charge >= 0.3 is 0 Å². The van der Waals surface area contributed by atoms with Crippen molar-refractivity contribution in [3.05, 3.63) is 59.9 Å². The lowest BCUT2D eigenvalue weighted by molar-refractivity contribution is 0.415. The molecule has 1 fully saturated rings. The van der Waals surface area contributed by atoms with Crippen LogP contribution in [-0.4, -0.2) is 41.7 Å². The Hall–Kier alpha value is -3.15. The zero-order valence-electron chi connectivity index (χ0n) is 17.2. The highest BCUT2D eigenvalue weighted by molar-refractivity contribution is 5.56. The number of methoxy groups -OCH3 is 1. The number of hydrogen-bond acceptors (Lipinski definition) is 6. The first-order valence-electron chi connectivity index (χ1n) is 10.0. The van der Waals surface area contributed by atoms with Crippen LogP contribution in [0.3, 0.4) is 0 Å². The average molecular weight is 390 g/mol. The predicted octanol–water partition coefficient (Wildman–Crippen LogP) is 4.10. The Balaban J connectivity index is 1.43. The van der Waals surface area contributed by atoms with Gasteiger partial charge in [-0.05, 0) is 50.5 Å². The molecule has 0 aliphatic carbocycles. The summed E-state index contributed by atoms with van der Waals surface area (Å²) >= 11 is 0. The lowest BCUT2D eigenvalue weighted by atomic mass is 10.1. The second-order valence-electron chi connectivity index (χ2n) is 7.50. The molecule has 29 heavy (non-hydrogen) atoms. The number of rotatable bonds is 6. The summed E-state index contributed by atoms with van der Waals surface area (Å²) in [5.41, 5.74) is 4.09. The van der Waals surface area contributed by atoms with Gasteiger partial charge in [-0.3, -0.25) is 4.98 Å². The molecule has 0 radical (unpaired) electrons. The van der Waals surface area contributed by atoms with Crippen molar-refractivity contribution in [2.45, 2.75) is 20.3 Å². The lowest BCUT2D eigenvalue weighted by Gasteiger charge is -2.20. The van der Waals surface area contributed by atoms with Gasteiger partial charge in [-0.2, -0.15) is 0 Å². The first-order valence-corrected chi connectivity index (χ1v) is 10.0. The van der Waals surface area contributed by atoms with Crippen LogP contribution < -0.4 is 15.0 Å². The van der Waals surface area contributed by atoms with Gasteiger partial charge in [0.15, 0.2) is 5.82 Å². The lowest BCUT2D eigenvalue weighted by Crippen LogP contribution is -2.23. The van der Waals surface area contributed by atoms with Crippen molar-refractivity contribution in [1.82, 2.24) is 15.0 Å². The van der Waals surface area contributed by atoms with E-state index in [1.807, 2.05) is 37.3 Å². The van der Waals surface area contributed by atoms with Gasteiger partial charge in [0, 0.05) is 48.8 Å². The van der Waals surface area contributed by atoms with Gasteiger partial charge in [-0.1, -0.05) is 12.1 Å². The third kappa shape index (κ3) is 4.31. The van der Waals surface area contributed by atoms with Crippen LogP contribution in [-0.2, 0) is 0 Å². The number of anilines is 2. The Bertz CT molecular complexity index is 976. The third-order valence-electron chi connectivity index (χ3n) is 5.55. The fourth-order valence-electron chi connectivity index (χ4n) is 3.69.